The van der Waals surface area contributed by atoms with E-state index in [-0.39, 0.29) is 17.7 Å². The van der Waals surface area contributed by atoms with E-state index in [1.807, 2.05) is 24.0 Å². The quantitative estimate of drug-likeness (QED) is 0.867. The molecule has 1 fully saturated rings. The second-order valence-corrected chi connectivity index (χ2v) is 6.04. The smallest absolute Gasteiger partial charge is 0.240 e. The van der Waals surface area contributed by atoms with E-state index in [2.05, 4.69) is 20.4 Å². The SMILES string of the molecule is CC(=O)N1CCN(c2ccc(C3=NNC(=O)CC3C)cn2)CC1. The summed E-state index contributed by atoms with van der Waals surface area (Å²) in [5, 5.41) is 4.15. The third-order valence-corrected chi connectivity index (χ3v) is 4.35. The van der Waals surface area contributed by atoms with Crippen LogP contribution >= 0.6 is 0 Å². The van der Waals surface area contributed by atoms with Crippen molar-refractivity contribution in [2.24, 2.45) is 11.0 Å². The van der Waals surface area contributed by atoms with E-state index in [4.69, 9.17) is 0 Å². The molecule has 3 heterocycles. The first-order valence-electron chi connectivity index (χ1n) is 7.88. The van der Waals surface area contributed by atoms with Gasteiger partial charge in [-0.05, 0) is 12.1 Å². The number of hydrogen-bond acceptors (Lipinski definition) is 5. The number of rotatable bonds is 2. The topological polar surface area (TPSA) is 77.9 Å². The number of anilines is 1. The van der Waals surface area contributed by atoms with E-state index < -0.39 is 0 Å². The zero-order valence-electron chi connectivity index (χ0n) is 13.5. The molecule has 1 saturated heterocycles. The van der Waals surface area contributed by atoms with E-state index in [1.54, 1.807) is 13.1 Å². The van der Waals surface area contributed by atoms with Crippen LogP contribution in [0.15, 0.2) is 23.4 Å². The highest BCUT2D eigenvalue weighted by Gasteiger charge is 2.23. The van der Waals surface area contributed by atoms with Crippen molar-refractivity contribution < 1.29 is 9.59 Å². The van der Waals surface area contributed by atoms with Gasteiger partial charge in [0.15, 0.2) is 0 Å². The van der Waals surface area contributed by atoms with Crippen LogP contribution in [0.5, 0.6) is 0 Å². The minimum absolute atomic E-state index is 0.0471. The number of aromatic nitrogens is 1. The minimum Gasteiger partial charge on any atom is -0.353 e. The van der Waals surface area contributed by atoms with E-state index >= 15 is 0 Å². The summed E-state index contributed by atoms with van der Waals surface area (Å²) in [6.07, 6.45) is 2.26. The van der Waals surface area contributed by atoms with Crippen LogP contribution in [0.1, 0.15) is 25.8 Å². The molecule has 0 radical (unpaired) electrons. The largest absolute Gasteiger partial charge is 0.353 e. The molecule has 1 aromatic heterocycles. The van der Waals surface area contributed by atoms with Crippen LogP contribution in [0.3, 0.4) is 0 Å². The fourth-order valence-corrected chi connectivity index (χ4v) is 2.98. The molecule has 2 amide bonds. The number of piperazine rings is 1. The summed E-state index contributed by atoms with van der Waals surface area (Å²) in [5.74, 6) is 1.08. The Bertz CT molecular complexity index is 632. The number of nitrogens with one attached hydrogen (secondary N) is 1. The Morgan fingerprint density at radius 3 is 2.57 bits per heavy atom. The van der Waals surface area contributed by atoms with Gasteiger partial charge in [-0.15, -0.1) is 0 Å². The predicted octanol–water partition coefficient (Wildman–Crippen LogP) is 0.610. The number of carbonyl (C=O) groups excluding carboxylic acids is 2. The van der Waals surface area contributed by atoms with Crippen molar-refractivity contribution in [3.8, 4) is 0 Å². The molecule has 1 unspecified atom stereocenters. The maximum atomic E-state index is 11.4. The monoisotopic (exact) mass is 315 g/mol. The summed E-state index contributed by atoms with van der Waals surface area (Å²) < 4.78 is 0. The molecular weight excluding hydrogens is 294 g/mol. The Balaban J connectivity index is 1.68. The van der Waals surface area contributed by atoms with Gasteiger partial charge in [0.1, 0.15) is 5.82 Å². The molecular formula is C16H21N5O2. The first kappa shape index (κ1) is 15.5. The second kappa shape index (κ2) is 6.36. The fraction of sp³-hybridized carbons (Fsp3) is 0.500. The van der Waals surface area contributed by atoms with Crippen LogP contribution in [0.25, 0.3) is 0 Å². The lowest BCUT2D eigenvalue weighted by Gasteiger charge is -2.35. The van der Waals surface area contributed by atoms with Crippen molar-refractivity contribution in [2.75, 3.05) is 31.1 Å². The zero-order chi connectivity index (χ0) is 16.4. The van der Waals surface area contributed by atoms with Gasteiger partial charge in [-0.1, -0.05) is 6.92 Å². The Morgan fingerprint density at radius 2 is 2.00 bits per heavy atom. The average Bonchev–Trinajstić information content (AvgIpc) is 2.55. The van der Waals surface area contributed by atoms with Crippen molar-refractivity contribution in [3.05, 3.63) is 23.9 Å². The first-order valence-corrected chi connectivity index (χ1v) is 7.88. The van der Waals surface area contributed by atoms with Gasteiger partial charge in [-0.25, -0.2) is 10.4 Å². The van der Waals surface area contributed by atoms with Gasteiger partial charge in [-0.2, -0.15) is 5.10 Å². The lowest BCUT2D eigenvalue weighted by atomic mass is 9.95. The molecule has 7 nitrogen and oxygen atoms in total. The Labute approximate surface area is 135 Å². The van der Waals surface area contributed by atoms with E-state index in [0.717, 1.165) is 43.3 Å². The normalized spacial score (nSPS) is 21.7. The van der Waals surface area contributed by atoms with Crippen molar-refractivity contribution in [3.63, 3.8) is 0 Å². The molecule has 1 aromatic rings. The summed E-state index contributed by atoms with van der Waals surface area (Å²) in [5.41, 5.74) is 4.33. The predicted molar refractivity (Wildman–Crippen MR) is 87.2 cm³/mol. The average molecular weight is 315 g/mol. The lowest BCUT2D eigenvalue weighted by Crippen LogP contribution is -2.48. The number of pyridine rings is 1. The van der Waals surface area contributed by atoms with Gasteiger partial charge in [0.05, 0.1) is 5.71 Å². The van der Waals surface area contributed by atoms with Gasteiger partial charge in [0.2, 0.25) is 11.8 Å². The third kappa shape index (κ3) is 3.33. The summed E-state index contributed by atoms with van der Waals surface area (Å²) in [6.45, 7) is 6.64. The van der Waals surface area contributed by atoms with Crippen LogP contribution in [-0.4, -0.2) is 53.6 Å². The Kier molecular flexibility index (Phi) is 4.27. The molecule has 1 atom stereocenters. The zero-order valence-corrected chi connectivity index (χ0v) is 13.5. The van der Waals surface area contributed by atoms with E-state index in [9.17, 15) is 9.59 Å². The van der Waals surface area contributed by atoms with Crippen molar-refractivity contribution in [1.82, 2.24) is 15.3 Å². The van der Waals surface area contributed by atoms with E-state index in [0.29, 0.717) is 6.42 Å². The highest BCUT2D eigenvalue weighted by atomic mass is 16.2. The number of carbonyl (C=O) groups is 2. The molecule has 2 aliphatic rings. The number of nitrogens with zero attached hydrogens (tertiary/aromatic N) is 4. The number of hydrogen-bond donors (Lipinski definition) is 1. The van der Waals surface area contributed by atoms with Gasteiger partial charge in [0.25, 0.3) is 0 Å². The molecule has 0 spiro atoms. The van der Waals surface area contributed by atoms with Gasteiger partial charge in [-0.3, -0.25) is 9.59 Å². The fourth-order valence-electron chi connectivity index (χ4n) is 2.98. The summed E-state index contributed by atoms with van der Waals surface area (Å²) in [7, 11) is 0. The van der Waals surface area contributed by atoms with Crippen LogP contribution in [0, 0.1) is 5.92 Å². The molecule has 2 aliphatic heterocycles. The summed E-state index contributed by atoms with van der Waals surface area (Å²) in [6, 6.07) is 3.97. The number of amides is 2. The van der Waals surface area contributed by atoms with Gasteiger partial charge >= 0.3 is 0 Å². The molecule has 23 heavy (non-hydrogen) atoms. The van der Waals surface area contributed by atoms with Crippen LogP contribution in [0.2, 0.25) is 0 Å². The molecule has 0 aromatic carbocycles. The van der Waals surface area contributed by atoms with Crippen molar-refractivity contribution in [1.29, 1.82) is 0 Å². The maximum absolute atomic E-state index is 11.4. The van der Waals surface area contributed by atoms with E-state index in [1.165, 1.54) is 0 Å². The minimum atomic E-state index is -0.0471. The standard InChI is InChI=1S/C16H21N5O2/c1-11-9-15(23)18-19-16(11)13-3-4-14(17-10-13)21-7-5-20(6-8-21)12(2)22/h3-4,10-11H,5-9H2,1-2H3,(H,18,23). The molecule has 1 N–H and O–H groups in total. The molecule has 0 aliphatic carbocycles. The Morgan fingerprint density at radius 1 is 1.26 bits per heavy atom. The van der Waals surface area contributed by atoms with Crippen molar-refractivity contribution in [2.45, 2.75) is 20.3 Å². The van der Waals surface area contributed by atoms with Gasteiger partial charge < -0.3 is 9.80 Å². The number of hydrazone groups is 1. The Hall–Kier alpha value is -2.44. The van der Waals surface area contributed by atoms with Crippen molar-refractivity contribution >= 4 is 23.3 Å². The maximum Gasteiger partial charge on any atom is 0.240 e. The molecule has 3 rings (SSSR count). The molecule has 122 valence electrons. The summed E-state index contributed by atoms with van der Waals surface area (Å²) >= 11 is 0. The first-order chi connectivity index (χ1) is 11.0. The highest BCUT2D eigenvalue weighted by molar-refractivity contribution is 6.05. The second-order valence-electron chi connectivity index (χ2n) is 6.04. The lowest BCUT2D eigenvalue weighted by molar-refractivity contribution is -0.129. The van der Waals surface area contributed by atoms with Crippen LogP contribution in [0.4, 0.5) is 5.82 Å². The van der Waals surface area contributed by atoms with Crippen LogP contribution < -0.4 is 10.3 Å². The van der Waals surface area contributed by atoms with Gasteiger partial charge in [0, 0.05) is 57.2 Å². The highest BCUT2D eigenvalue weighted by Crippen LogP contribution is 2.19. The summed E-state index contributed by atoms with van der Waals surface area (Å²) in [4.78, 5) is 31.2. The molecule has 0 saturated carbocycles. The van der Waals surface area contributed by atoms with Crippen LogP contribution in [-0.2, 0) is 9.59 Å². The molecule has 0 bridgehead atoms. The molecule has 7 heteroatoms. The third-order valence-electron chi connectivity index (χ3n) is 4.35.